The van der Waals surface area contributed by atoms with Crippen molar-refractivity contribution in [2.75, 3.05) is 7.05 Å². The molecule has 0 radical (unpaired) electrons. The molecule has 100 valence electrons. The van der Waals surface area contributed by atoms with Crippen molar-refractivity contribution in [2.24, 2.45) is 0 Å². The van der Waals surface area contributed by atoms with Crippen LogP contribution in [0, 0.1) is 24.4 Å². The standard InChI is InChI=1S/C14H13F3N2/c1-8-3-4-9(7-19-8)14(18-2)10-5-6-11(15)13(17)12(10)16/h3-7,14,18H,1-2H3. The molecule has 1 atom stereocenters. The second-order valence-corrected chi connectivity index (χ2v) is 4.22. The van der Waals surface area contributed by atoms with Crippen LogP contribution in [0.5, 0.6) is 0 Å². The van der Waals surface area contributed by atoms with Crippen molar-refractivity contribution in [1.82, 2.24) is 10.3 Å². The van der Waals surface area contributed by atoms with E-state index >= 15 is 0 Å². The summed E-state index contributed by atoms with van der Waals surface area (Å²) in [6.45, 7) is 1.83. The molecular formula is C14H13F3N2. The van der Waals surface area contributed by atoms with Crippen LogP contribution in [0.15, 0.2) is 30.5 Å². The van der Waals surface area contributed by atoms with E-state index in [1.165, 1.54) is 6.07 Å². The Hall–Kier alpha value is -1.88. The lowest BCUT2D eigenvalue weighted by Crippen LogP contribution is -2.20. The number of aryl methyl sites for hydroxylation is 1. The van der Waals surface area contributed by atoms with Crippen LogP contribution < -0.4 is 5.32 Å². The first-order valence-corrected chi connectivity index (χ1v) is 5.77. The number of aromatic nitrogens is 1. The number of benzene rings is 1. The summed E-state index contributed by atoms with van der Waals surface area (Å²) in [6.07, 6.45) is 1.58. The van der Waals surface area contributed by atoms with Crippen molar-refractivity contribution in [3.8, 4) is 0 Å². The van der Waals surface area contributed by atoms with Gasteiger partial charge in [0.25, 0.3) is 0 Å². The predicted octanol–water partition coefficient (Wildman–Crippen LogP) is 3.12. The molecule has 19 heavy (non-hydrogen) atoms. The summed E-state index contributed by atoms with van der Waals surface area (Å²) in [4.78, 5) is 4.11. The second kappa shape index (κ2) is 5.40. The molecule has 0 bridgehead atoms. The molecule has 0 aliphatic rings. The zero-order valence-corrected chi connectivity index (χ0v) is 10.5. The van der Waals surface area contributed by atoms with Crippen molar-refractivity contribution >= 4 is 0 Å². The summed E-state index contributed by atoms with van der Waals surface area (Å²) in [5.74, 6) is -3.84. The Labute approximate surface area is 109 Å². The molecule has 0 aliphatic carbocycles. The summed E-state index contributed by atoms with van der Waals surface area (Å²) < 4.78 is 40.0. The molecule has 2 aromatic rings. The third kappa shape index (κ3) is 2.61. The van der Waals surface area contributed by atoms with Gasteiger partial charge in [-0.2, -0.15) is 0 Å². The average molecular weight is 266 g/mol. The van der Waals surface area contributed by atoms with Crippen LogP contribution in [0.1, 0.15) is 22.9 Å². The molecule has 0 spiro atoms. The minimum Gasteiger partial charge on any atom is -0.309 e. The quantitative estimate of drug-likeness (QED) is 0.863. The maximum Gasteiger partial charge on any atom is 0.194 e. The Balaban J connectivity index is 2.48. The molecule has 1 N–H and O–H groups in total. The maximum absolute atomic E-state index is 13.8. The number of pyridine rings is 1. The topological polar surface area (TPSA) is 24.9 Å². The van der Waals surface area contributed by atoms with Crippen LogP contribution in [0.2, 0.25) is 0 Å². The number of halogens is 3. The molecule has 5 heteroatoms. The molecule has 0 aliphatic heterocycles. The highest BCUT2D eigenvalue weighted by molar-refractivity contribution is 5.32. The van der Waals surface area contributed by atoms with Gasteiger partial charge in [-0.15, -0.1) is 0 Å². The lowest BCUT2D eigenvalue weighted by Gasteiger charge is -2.18. The molecule has 1 heterocycles. The largest absolute Gasteiger partial charge is 0.309 e. The highest BCUT2D eigenvalue weighted by atomic mass is 19.2. The van der Waals surface area contributed by atoms with Crippen LogP contribution >= 0.6 is 0 Å². The van der Waals surface area contributed by atoms with E-state index in [1.807, 2.05) is 6.92 Å². The number of hydrogen-bond acceptors (Lipinski definition) is 2. The predicted molar refractivity (Wildman–Crippen MR) is 66.2 cm³/mol. The van der Waals surface area contributed by atoms with E-state index in [1.54, 1.807) is 25.4 Å². The summed E-state index contributed by atoms with van der Waals surface area (Å²) in [7, 11) is 1.62. The van der Waals surface area contributed by atoms with E-state index in [0.29, 0.717) is 5.56 Å². The lowest BCUT2D eigenvalue weighted by molar-refractivity contribution is 0.435. The van der Waals surface area contributed by atoms with Gasteiger partial charge in [0.2, 0.25) is 0 Å². The normalized spacial score (nSPS) is 12.5. The van der Waals surface area contributed by atoms with Gasteiger partial charge in [-0.3, -0.25) is 4.98 Å². The summed E-state index contributed by atoms with van der Waals surface area (Å²) >= 11 is 0. The van der Waals surface area contributed by atoms with Gasteiger partial charge in [0.15, 0.2) is 17.5 Å². The third-order valence-electron chi connectivity index (χ3n) is 2.93. The molecule has 1 aromatic heterocycles. The molecule has 0 fully saturated rings. The first-order valence-electron chi connectivity index (χ1n) is 5.77. The highest BCUT2D eigenvalue weighted by Gasteiger charge is 2.21. The molecule has 0 amide bonds. The maximum atomic E-state index is 13.8. The molecule has 1 aromatic carbocycles. The zero-order chi connectivity index (χ0) is 14.0. The van der Waals surface area contributed by atoms with Crippen LogP contribution in [-0.2, 0) is 0 Å². The van der Waals surface area contributed by atoms with Crippen molar-refractivity contribution in [1.29, 1.82) is 0 Å². The Kier molecular flexibility index (Phi) is 3.85. The molecule has 2 nitrogen and oxygen atoms in total. The summed E-state index contributed by atoms with van der Waals surface area (Å²) in [6, 6.07) is 5.11. The fraction of sp³-hybridized carbons (Fsp3) is 0.214. The molecule has 1 unspecified atom stereocenters. The van der Waals surface area contributed by atoms with Crippen molar-refractivity contribution in [3.63, 3.8) is 0 Å². The van der Waals surface area contributed by atoms with Gasteiger partial charge in [0.05, 0.1) is 6.04 Å². The molecule has 2 rings (SSSR count). The molecule has 0 saturated heterocycles. The molecular weight excluding hydrogens is 253 g/mol. The van der Waals surface area contributed by atoms with Crippen molar-refractivity contribution in [3.05, 3.63) is 64.7 Å². The summed E-state index contributed by atoms with van der Waals surface area (Å²) in [5, 5.41) is 2.87. The smallest absolute Gasteiger partial charge is 0.194 e. The van der Waals surface area contributed by atoms with Gasteiger partial charge in [0, 0.05) is 17.5 Å². The zero-order valence-electron chi connectivity index (χ0n) is 10.5. The van der Waals surface area contributed by atoms with E-state index in [4.69, 9.17) is 0 Å². The third-order valence-corrected chi connectivity index (χ3v) is 2.93. The van der Waals surface area contributed by atoms with Crippen LogP contribution in [0.25, 0.3) is 0 Å². The van der Waals surface area contributed by atoms with Crippen LogP contribution in [-0.4, -0.2) is 12.0 Å². The van der Waals surface area contributed by atoms with E-state index in [-0.39, 0.29) is 5.56 Å². The monoisotopic (exact) mass is 266 g/mol. The molecule has 0 saturated carbocycles. The second-order valence-electron chi connectivity index (χ2n) is 4.22. The average Bonchev–Trinajstić information content (AvgIpc) is 2.41. The van der Waals surface area contributed by atoms with Crippen LogP contribution in [0.4, 0.5) is 13.2 Å². The first-order chi connectivity index (χ1) is 9.04. The van der Waals surface area contributed by atoms with E-state index in [2.05, 4.69) is 10.3 Å². The Morgan fingerprint density at radius 3 is 2.37 bits per heavy atom. The van der Waals surface area contributed by atoms with E-state index < -0.39 is 23.5 Å². The van der Waals surface area contributed by atoms with Gasteiger partial charge in [-0.25, -0.2) is 13.2 Å². The van der Waals surface area contributed by atoms with Gasteiger partial charge in [0.1, 0.15) is 0 Å². The fourth-order valence-corrected chi connectivity index (χ4v) is 1.92. The number of hydrogen-bond donors (Lipinski definition) is 1. The Bertz CT molecular complexity index is 582. The summed E-state index contributed by atoms with van der Waals surface area (Å²) in [5.41, 5.74) is 1.55. The van der Waals surface area contributed by atoms with Crippen LogP contribution in [0.3, 0.4) is 0 Å². The number of nitrogens with one attached hydrogen (secondary N) is 1. The van der Waals surface area contributed by atoms with Gasteiger partial charge < -0.3 is 5.32 Å². The van der Waals surface area contributed by atoms with Crippen molar-refractivity contribution < 1.29 is 13.2 Å². The van der Waals surface area contributed by atoms with Crippen molar-refractivity contribution in [2.45, 2.75) is 13.0 Å². The minimum absolute atomic E-state index is 0.0482. The Morgan fingerprint density at radius 1 is 1.05 bits per heavy atom. The Morgan fingerprint density at radius 2 is 1.79 bits per heavy atom. The SMILES string of the molecule is CNC(c1ccc(C)nc1)c1ccc(F)c(F)c1F. The number of nitrogens with zero attached hydrogens (tertiary/aromatic N) is 1. The van der Waals surface area contributed by atoms with Gasteiger partial charge >= 0.3 is 0 Å². The van der Waals surface area contributed by atoms with E-state index in [9.17, 15) is 13.2 Å². The first kappa shape index (κ1) is 13.5. The van der Waals surface area contributed by atoms with Gasteiger partial charge in [-0.1, -0.05) is 12.1 Å². The minimum atomic E-state index is -1.46. The number of rotatable bonds is 3. The van der Waals surface area contributed by atoms with Gasteiger partial charge in [-0.05, 0) is 31.7 Å². The lowest BCUT2D eigenvalue weighted by atomic mass is 9.99. The fourth-order valence-electron chi connectivity index (χ4n) is 1.92. The highest BCUT2D eigenvalue weighted by Crippen LogP contribution is 2.26. The van der Waals surface area contributed by atoms with E-state index in [0.717, 1.165) is 11.8 Å².